The SMILES string of the molecule is Cc1ccn(-c2cc(=O)cc(NC3CCC(F)(F)CC3)[nH]2)n1. The molecule has 1 saturated carbocycles. The summed E-state index contributed by atoms with van der Waals surface area (Å²) >= 11 is 0. The van der Waals surface area contributed by atoms with Crippen molar-refractivity contribution in [3.8, 4) is 5.82 Å². The Kier molecular flexibility index (Phi) is 3.72. The lowest BCUT2D eigenvalue weighted by Gasteiger charge is -2.29. The molecule has 5 nitrogen and oxygen atoms in total. The van der Waals surface area contributed by atoms with Crippen molar-refractivity contribution in [1.82, 2.24) is 14.8 Å². The second kappa shape index (κ2) is 5.55. The highest BCUT2D eigenvalue weighted by atomic mass is 19.3. The van der Waals surface area contributed by atoms with Crippen LogP contribution in [0.4, 0.5) is 14.6 Å². The molecule has 0 saturated heterocycles. The van der Waals surface area contributed by atoms with Gasteiger partial charge in [0.1, 0.15) is 11.6 Å². The Morgan fingerprint density at radius 1 is 1.36 bits per heavy atom. The number of halogens is 2. The fourth-order valence-corrected chi connectivity index (χ4v) is 2.68. The van der Waals surface area contributed by atoms with Gasteiger partial charge in [0, 0.05) is 37.2 Å². The Balaban J connectivity index is 1.77. The number of rotatable bonds is 3. The number of anilines is 1. The van der Waals surface area contributed by atoms with Crippen LogP contribution in [0, 0.1) is 6.92 Å². The summed E-state index contributed by atoms with van der Waals surface area (Å²) in [6.45, 7) is 1.86. The zero-order chi connectivity index (χ0) is 15.7. The Labute approximate surface area is 126 Å². The summed E-state index contributed by atoms with van der Waals surface area (Å²) in [5, 5.41) is 7.39. The maximum atomic E-state index is 13.2. The van der Waals surface area contributed by atoms with Crippen molar-refractivity contribution in [2.45, 2.75) is 44.6 Å². The predicted molar refractivity (Wildman–Crippen MR) is 79.7 cm³/mol. The molecule has 2 N–H and O–H groups in total. The topological polar surface area (TPSA) is 62.7 Å². The van der Waals surface area contributed by atoms with Gasteiger partial charge in [0.2, 0.25) is 5.92 Å². The molecule has 22 heavy (non-hydrogen) atoms. The number of aryl methyl sites for hydroxylation is 1. The molecule has 2 heterocycles. The number of hydrogen-bond donors (Lipinski definition) is 2. The minimum Gasteiger partial charge on any atom is -0.369 e. The van der Waals surface area contributed by atoms with E-state index in [9.17, 15) is 13.6 Å². The van der Waals surface area contributed by atoms with E-state index in [0.29, 0.717) is 24.5 Å². The molecule has 0 amide bonds. The van der Waals surface area contributed by atoms with Crippen molar-refractivity contribution in [3.63, 3.8) is 0 Å². The first kappa shape index (κ1) is 14.7. The molecule has 2 aromatic heterocycles. The predicted octanol–water partition coefficient (Wildman–Crippen LogP) is 2.86. The van der Waals surface area contributed by atoms with Gasteiger partial charge in [0.25, 0.3) is 0 Å². The van der Waals surface area contributed by atoms with E-state index in [1.807, 2.05) is 13.0 Å². The van der Waals surface area contributed by atoms with Crippen LogP contribution in [0.3, 0.4) is 0 Å². The van der Waals surface area contributed by atoms with Crippen molar-refractivity contribution in [1.29, 1.82) is 0 Å². The first-order chi connectivity index (χ1) is 10.4. The van der Waals surface area contributed by atoms with Crippen LogP contribution in [-0.4, -0.2) is 26.7 Å². The molecule has 0 bridgehead atoms. The summed E-state index contributed by atoms with van der Waals surface area (Å²) in [6.07, 6.45) is 2.30. The molecule has 3 rings (SSSR count). The van der Waals surface area contributed by atoms with Crippen LogP contribution >= 0.6 is 0 Å². The van der Waals surface area contributed by atoms with Gasteiger partial charge in [0.15, 0.2) is 5.43 Å². The fourth-order valence-electron chi connectivity index (χ4n) is 2.68. The zero-order valence-electron chi connectivity index (χ0n) is 12.3. The Hall–Kier alpha value is -2.18. The van der Waals surface area contributed by atoms with Crippen molar-refractivity contribution in [2.24, 2.45) is 0 Å². The monoisotopic (exact) mass is 308 g/mol. The normalized spacial score (nSPS) is 18.3. The smallest absolute Gasteiger partial charge is 0.248 e. The maximum absolute atomic E-state index is 13.2. The standard InChI is InChI=1S/C15H18F2N4O/c1-10-4-7-21(20-10)14-9-12(22)8-13(19-14)18-11-2-5-15(16,17)6-3-11/h4,7-9,11H,2-3,5-6H2,1H3,(H2,18,19,22). The van der Waals surface area contributed by atoms with Gasteiger partial charge in [-0.1, -0.05) is 0 Å². The molecule has 0 aliphatic heterocycles. The van der Waals surface area contributed by atoms with Gasteiger partial charge < -0.3 is 10.3 Å². The van der Waals surface area contributed by atoms with Crippen LogP contribution in [0.1, 0.15) is 31.4 Å². The highest BCUT2D eigenvalue weighted by Gasteiger charge is 2.34. The third-order valence-electron chi connectivity index (χ3n) is 3.87. The number of aromatic amines is 1. The summed E-state index contributed by atoms with van der Waals surface area (Å²) in [5.74, 6) is -1.48. The Bertz CT molecular complexity index is 712. The Morgan fingerprint density at radius 3 is 2.73 bits per heavy atom. The summed E-state index contributed by atoms with van der Waals surface area (Å²) in [7, 11) is 0. The fraction of sp³-hybridized carbons (Fsp3) is 0.467. The molecule has 0 spiro atoms. The van der Waals surface area contributed by atoms with Crippen molar-refractivity contribution in [2.75, 3.05) is 5.32 Å². The average molecular weight is 308 g/mol. The molecule has 0 radical (unpaired) electrons. The van der Waals surface area contributed by atoms with Crippen LogP contribution in [-0.2, 0) is 0 Å². The lowest BCUT2D eigenvalue weighted by Crippen LogP contribution is -2.32. The molecule has 0 unspecified atom stereocenters. The summed E-state index contributed by atoms with van der Waals surface area (Å²) in [5.41, 5.74) is 0.680. The van der Waals surface area contributed by atoms with Gasteiger partial charge in [0.05, 0.1) is 5.69 Å². The van der Waals surface area contributed by atoms with Crippen LogP contribution in [0.5, 0.6) is 0 Å². The lowest BCUT2D eigenvalue weighted by molar-refractivity contribution is -0.0361. The van der Waals surface area contributed by atoms with Crippen molar-refractivity contribution in [3.05, 3.63) is 40.3 Å². The minimum absolute atomic E-state index is 0.0510. The number of alkyl halides is 2. The minimum atomic E-state index is -2.56. The quantitative estimate of drug-likeness (QED) is 0.916. The second-order valence-corrected chi connectivity index (χ2v) is 5.79. The van der Waals surface area contributed by atoms with E-state index in [1.165, 1.54) is 12.1 Å². The molecule has 0 aromatic carbocycles. The number of H-pyrrole nitrogens is 1. The van der Waals surface area contributed by atoms with E-state index >= 15 is 0 Å². The van der Waals surface area contributed by atoms with Gasteiger partial charge >= 0.3 is 0 Å². The molecule has 1 fully saturated rings. The third kappa shape index (κ3) is 3.35. The molecule has 2 aromatic rings. The maximum Gasteiger partial charge on any atom is 0.248 e. The van der Waals surface area contributed by atoms with E-state index in [2.05, 4.69) is 15.4 Å². The molecular formula is C15H18F2N4O. The number of aromatic nitrogens is 3. The molecule has 118 valence electrons. The van der Waals surface area contributed by atoms with Gasteiger partial charge in [-0.15, -0.1) is 0 Å². The van der Waals surface area contributed by atoms with E-state index in [4.69, 9.17) is 0 Å². The van der Waals surface area contributed by atoms with Gasteiger partial charge in [-0.05, 0) is 25.8 Å². The summed E-state index contributed by atoms with van der Waals surface area (Å²) < 4.78 is 27.9. The van der Waals surface area contributed by atoms with E-state index in [0.717, 1.165) is 5.69 Å². The number of nitrogens with zero attached hydrogens (tertiary/aromatic N) is 2. The van der Waals surface area contributed by atoms with Crippen LogP contribution in [0.2, 0.25) is 0 Å². The van der Waals surface area contributed by atoms with Crippen LogP contribution < -0.4 is 10.7 Å². The Morgan fingerprint density at radius 2 is 2.09 bits per heavy atom. The van der Waals surface area contributed by atoms with E-state index in [1.54, 1.807) is 10.9 Å². The number of nitrogens with one attached hydrogen (secondary N) is 2. The van der Waals surface area contributed by atoms with Gasteiger partial charge in [-0.2, -0.15) is 5.10 Å². The molecule has 1 aliphatic rings. The third-order valence-corrected chi connectivity index (χ3v) is 3.87. The molecule has 1 aliphatic carbocycles. The highest BCUT2D eigenvalue weighted by molar-refractivity contribution is 5.40. The molecular weight excluding hydrogens is 290 g/mol. The second-order valence-electron chi connectivity index (χ2n) is 5.79. The lowest BCUT2D eigenvalue weighted by atomic mass is 9.92. The first-order valence-electron chi connectivity index (χ1n) is 7.33. The summed E-state index contributed by atoms with van der Waals surface area (Å²) in [4.78, 5) is 14.9. The van der Waals surface area contributed by atoms with E-state index in [-0.39, 0.29) is 24.3 Å². The van der Waals surface area contributed by atoms with Crippen molar-refractivity contribution >= 4 is 5.82 Å². The average Bonchev–Trinajstić information content (AvgIpc) is 2.87. The van der Waals surface area contributed by atoms with Crippen molar-refractivity contribution < 1.29 is 8.78 Å². The highest BCUT2D eigenvalue weighted by Crippen LogP contribution is 2.33. The first-order valence-corrected chi connectivity index (χ1v) is 7.33. The molecule has 7 heteroatoms. The zero-order valence-corrected chi connectivity index (χ0v) is 12.3. The van der Waals surface area contributed by atoms with Crippen LogP contribution in [0.25, 0.3) is 5.82 Å². The number of hydrogen-bond acceptors (Lipinski definition) is 3. The van der Waals surface area contributed by atoms with Gasteiger partial charge in [-0.3, -0.25) is 4.79 Å². The number of pyridine rings is 1. The summed E-state index contributed by atoms with van der Waals surface area (Å²) in [6, 6.07) is 4.67. The van der Waals surface area contributed by atoms with Crippen LogP contribution in [0.15, 0.2) is 29.2 Å². The van der Waals surface area contributed by atoms with Gasteiger partial charge in [-0.25, -0.2) is 13.5 Å². The molecule has 0 atom stereocenters. The largest absolute Gasteiger partial charge is 0.369 e. The van der Waals surface area contributed by atoms with E-state index < -0.39 is 5.92 Å².